The van der Waals surface area contributed by atoms with Gasteiger partial charge < -0.3 is 4.57 Å². The lowest BCUT2D eigenvalue weighted by atomic mass is 9.92. The van der Waals surface area contributed by atoms with Crippen molar-refractivity contribution in [3.63, 3.8) is 0 Å². The quantitative estimate of drug-likeness (QED) is 0.182. The molecule has 0 spiro atoms. The van der Waals surface area contributed by atoms with Gasteiger partial charge in [0.25, 0.3) is 0 Å². The summed E-state index contributed by atoms with van der Waals surface area (Å²) in [5.74, 6) is 0.649. The Hall–Kier alpha value is -7.56. The zero-order valence-electron chi connectivity index (χ0n) is 30.3. The predicted molar refractivity (Wildman–Crippen MR) is 234 cm³/mol. The summed E-state index contributed by atoms with van der Waals surface area (Å²) in [4.78, 5) is 10.9. The van der Waals surface area contributed by atoms with Gasteiger partial charge in [0.15, 0.2) is 0 Å². The van der Waals surface area contributed by atoms with Gasteiger partial charge in [0.1, 0.15) is 0 Å². The maximum Gasteiger partial charge on any atom is 0.235 e. The highest BCUT2D eigenvalue weighted by molar-refractivity contribution is 6.25. The zero-order chi connectivity index (χ0) is 36.7. The molecular weight excluding hydrogens is 681 g/mol. The van der Waals surface area contributed by atoms with Gasteiger partial charge in [0.2, 0.25) is 5.95 Å². The van der Waals surface area contributed by atoms with Crippen LogP contribution in [0.2, 0.25) is 0 Å². The van der Waals surface area contributed by atoms with Crippen LogP contribution in [0.5, 0.6) is 0 Å². The van der Waals surface area contributed by atoms with Crippen molar-refractivity contribution in [3.05, 3.63) is 194 Å². The van der Waals surface area contributed by atoms with Crippen molar-refractivity contribution in [1.29, 1.82) is 0 Å². The van der Waals surface area contributed by atoms with Crippen LogP contribution in [0.3, 0.4) is 0 Å². The highest BCUT2D eigenvalue weighted by atomic mass is 15.2. The van der Waals surface area contributed by atoms with Gasteiger partial charge in [-0.3, -0.25) is 4.57 Å². The van der Waals surface area contributed by atoms with E-state index in [0.717, 1.165) is 44.4 Å². The molecular formula is C52H32N4. The minimum absolute atomic E-state index is 0.649. The molecule has 0 atom stereocenters. The van der Waals surface area contributed by atoms with E-state index in [1.54, 1.807) is 0 Å². The summed E-state index contributed by atoms with van der Waals surface area (Å²) in [6.07, 6.45) is 0. The third-order valence-corrected chi connectivity index (χ3v) is 11.5. The van der Waals surface area contributed by atoms with Crippen molar-refractivity contribution in [3.8, 4) is 34.0 Å². The van der Waals surface area contributed by atoms with E-state index < -0.39 is 0 Å². The van der Waals surface area contributed by atoms with Crippen molar-refractivity contribution < 1.29 is 0 Å². The Balaban J connectivity index is 1.16. The molecule has 0 fully saturated rings. The molecule has 4 nitrogen and oxygen atoms in total. The highest BCUT2D eigenvalue weighted by Crippen LogP contribution is 2.43. The van der Waals surface area contributed by atoms with Crippen molar-refractivity contribution in [2.24, 2.45) is 0 Å². The molecule has 3 aromatic heterocycles. The fraction of sp³-hybridized carbons (Fsp3) is 0. The van der Waals surface area contributed by atoms with Crippen molar-refractivity contribution in [1.82, 2.24) is 19.1 Å². The Morgan fingerprint density at radius 1 is 0.339 bits per heavy atom. The van der Waals surface area contributed by atoms with Gasteiger partial charge in [-0.15, -0.1) is 0 Å². The second-order valence-corrected chi connectivity index (χ2v) is 14.6. The minimum atomic E-state index is 0.649. The van der Waals surface area contributed by atoms with E-state index in [2.05, 4.69) is 203 Å². The molecule has 0 amide bonds. The number of aromatic nitrogens is 4. The Morgan fingerprint density at radius 2 is 0.964 bits per heavy atom. The lowest BCUT2D eigenvalue weighted by molar-refractivity contribution is 1.01. The fourth-order valence-electron chi connectivity index (χ4n) is 9.09. The Bertz CT molecular complexity index is 3530. The van der Waals surface area contributed by atoms with E-state index in [0.29, 0.717) is 5.95 Å². The van der Waals surface area contributed by atoms with Crippen LogP contribution in [0.1, 0.15) is 0 Å². The van der Waals surface area contributed by atoms with E-state index >= 15 is 0 Å². The topological polar surface area (TPSA) is 35.6 Å². The fourth-order valence-corrected chi connectivity index (χ4v) is 9.09. The molecule has 0 N–H and O–H groups in total. The summed E-state index contributed by atoms with van der Waals surface area (Å²) >= 11 is 0. The predicted octanol–water partition coefficient (Wildman–Crippen LogP) is 13.5. The molecule has 0 radical (unpaired) electrons. The Morgan fingerprint density at radius 3 is 1.80 bits per heavy atom. The van der Waals surface area contributed by atoms with Gasteiger partial charge in [-0.1, -0.05) is 146 Å². The SMILES string of the molecule is c1ccc(-n2c3ccccc3c3cc(-c4nc(-n5c6ccccc6c6c7ccccc7c(-c7cccc8ccccc78)cc65)nc5ccccc45)ccc32)cc1. The third kappa shape index (κ3) is 4.47. The Labute approximate surface area is 322 Å². The van der Waals surface area contributed by atoms with Crippen LogP contribution in [0, 0.1) is 0 Å². The standard InChI is InChI=1S/C52H32N4/c1-2-17-35(18-3-1)55-46-27-12-9-21-39(46)44-31-34(29-30-48(44)55)51-41-23-8-11-26-45(41)53-52(54-51)56-47-28-13-10-24-42(47)50-40-22-7-6-20-38(40)43(32-49(50)56)37-25-14-16-33-15-4-5-19-36(33)37/h1-32H. The normalized spacial score (nSPS) is 11.9. The van der Waals surface area contributed by atoms with Gasteiger partial charge >= 0.3 is 0 Å². The van der Waals surface area contributed by atoms with Crippen molar-refractivity contribution >= 4 is 76.1 Å². The smallest absolute Gasteiger partial charge is 0.235 e. The van der Waals surface area contributed by atoms with Gasteiger partial charge in [0, 0.05) is 38.2 Å². The van der Waals surface area contributed by atoms with Gasteiger partial charge in [0.05, 0.1) is 33.3 Å². The number of para-hydroxylation sites is 4. The molecule has 0 unspecified atom stereocenters. The summed E-state index contributed by atoms with van der Waals surface area (Å²) in [5.41, 5.74) is 10.9. The summed E-state index contributed by atoms with van der Waals surface area (Å²) < 4.78 is 4.63. The average molecular weight is 713 g/mol. The van der Waals surface area contributed by atoms with E-state index in [1.165, 1.54) is 59.7 Å². The van der Waals surface area contributed by atoms with Crippen LogP contribution >= 0.6 is 0 Å². The molecule has 3 heterocycles. The zero-order valence-corrected chi connectivity index (χ0v) is 30.3. The first-order valence-electron chi connectivity index (χ1n) is 19.1. The van der Waals surface area contributed by atoms with Crippen LogP contribution in [0.15, 0.2) is 194 Å². The first kappa shape index (κ1) is 30.9. The number of fused-ring (bicyclic) bond motifs is 10. The largest absolute Gasteiger partial charge is 0.309 e. The molecule has 12 aromatic rings. The van der Waals surface area contributed by atoms with E-state index in [4.69, 9.17) is 9.97 Å². The third-order valence-electron chi connectivity index (χ3n) is 11.5. The molecule has 12 rings (SSSR count). The summed E-state index contributed by atoms with van der Waals surface area (Å²) in [5, 5.41) is 10.7. The lowest BCUT2D eigenvalue weighted by Crippen LogP contribution is -2.03. The van der Waals surface area contributed by atoms with Gasteiger partial charge in [-0.05, 0) is 81.2 Å². The first-order chi connectivity index (χ1) is 27.8. The molecule has 0 saturated carbocycles. The molecule has 260 valence electrons. The second kappa shape index (κ2) is 12.0. The number of hydrogen-bond acceptors (Lipinski definition) is 2. The van der Waals surface area contributed by atoms with Crippen molar-refractivity contribution in [2.45, 2.75) is 0 Å². The molecule has 9 aromatic carbocycles. The highest BCUT2D eigenvalue weighted by Gasteiger charge is 2.22. The molecule has 0 aliphatic rings. The monoisotopic (exact) mass is 712 g/mol. The minimum Gasteiger partial charge on any atom is -0.309 e. The number of benzene rings is 9. The number of rotatable bonds is 4. The number of hydrogen-bond donors (Lipinski definition) is 0. The Kier molecular flexibility index (Phi) is 6.60. The van der Waals surface area contributed by atoms with Crippen LogP contribution in [0.4, 0.5) is 0 Å². The van der Waals surface area contributed by atoms with Gasteiger partial charge in [-0.25, -0.2) is 9.97 Å². The molecule has 56 heavy (non-hydrogen) atoms. The molecule has 0 bridgehead atoms. The molecule has 4 heteroatoms. The summed E-state index contributed by atoms with van der Waals surface area (Å²) in [7, 11) is 0. The molecule has 0 aliphatic carbocycles. The lowest BCUT2D eigenvalue weighted by Gasteiger charge is -2.14. The van der Waals surface area contributed by atoms with Crippen molar-refractivity contribution in [2.75, 3.05) is 0 Å². The van der Waals surface area contributed by atoms with Crippen LogP contribution < -0.4 is 0 Å². The average Bonchev–Trinajstić information content (AvgIpc) is 3.78. The second-order valence-electron chi connectivity index (χ2n) is 14.6. The number of nitrogens with zero attached hydrogens (tertiary/aromatic N) is 4. The van der Waals surface area contributed by atoms with E-state index in [1.807, 2.05) is 0 Å². The summed E-state index contributed by atoms with van der Waals surface area (Å²) in [6.45, 7) is 0. The maximum absolute atomic E-state index is 5.54. The summed E-state index contributed by atoms with van der Waals surface area (Å²) in [6, 6.07) is 69.6. The van der Waals surface area contributed by atoms with Crippen LogP contribution in [-0.2, 0) is 0 Å². The van der Waals surface area contributed by atoms with Crippen LogP contribution in [0.25, 0.3) is 110 Å². The molecule has 0 saturated heterocycles. The molecule has 0 aliphatic heterocycles. The van der Waals surface area contributed by atoms with E-state index in [-0.39, 0.29) is 0 Å². The first-order valence-corrected chi connectivity index (χ1v) is 19.1. The maximum atomic E-state index is 5.54. The van der Waals surface area contributed by atoms with Crippen LogP contribution in [-0.4, -0.2) is 19.1 Å². The van der Waals surface area contributed by atoms with E-state index in [9.17, 15) is 0 Å². The van der Waals surface area contributed by atoms with Gasteiger partial charge in [-0.2, -0.15) is 0 Å².